The van der Waals surface area contributed by atoms with E-state index in [0.29, 0.717) is 0 Å². The van der Waals surface area contributed by atoms with Crippen LogP contribution in [0.4, 0.5) is 0 Å². The topological polar surface area (TPSA) is 12.4 Å². The summed E-state index contributed by atoms with van der Waals surface area (Å²) in [6.45, 7) is 12.6. The first-order chi connectivity index (χ1) is 5.60. The Morgan fingerprint density at radius 3 is 2.00 bits per heavy atom. The van der Waals surface area contributed by atoms with Crippen molar-refractivity contribution in [2.75, 3.05) is 0 Å². The van der Waals surface area contributed by atoms with Gasteiger partial charge in [-0.1, -0.05) is 27.7 Å². The molecule has 0 atom stereocenters. The normalized spacial score (nSPS) is 12.1. The van der Waals surface area contributed by atoms with Gasteiger partial charge in [0.05, 0.1) is 5.54 Å². The molecule has 0 N–H and O–H groups in total. The van der Waals surface area contributed by atoms with Crippen molar-refractivity contribution in [3.05, 3.63) is 0 Å². The maximum atomic E-state index is 4.28. The summed E-state index contributed by atoms with van der Waals surface area (Å²) in [4.78, 5) is 4.28. The molecule has 72 valence electrons. The Balaban J connectivity index is 4.02. The summed E-state index contributed by atoms with van der Waals surface area (Å²) in [5, 5.41) is 0. The van der Waals surface area contributed by atoms with Crippen molar-refractivity contribution in [3.8, 4) is 0 Å². The molecule has 0 radical (unpaired) electrons. The standard InChI is InChI=1S/C11H23N/c1-6-11(7-2,12-5)9-8-10(3)4/h10H,5-9H2,1-4H3. The lowest BCUT2D eigenvalue weighted by Gasteiger charge is -2.27. The van der Waals surface area contributed by atoms with Gasteiger partial charge < -0.3 is 0 Å². The molecule has 1 heteroatoms. The van der Waals surface area contributed by atoms with Crippen molar-refractivity contribution in [3.63, 3.8) is 0 Å². The van der Waals surface area contributed by atoms with Gasteiger partial charge in [0.25, 0.3) is 0 Å². The molecule has 0 saturated heterocycles. The van der Waals surface area contributed by atoms with Crippen LogP contribution >= 0.6 is 0 Å². The van der Waals surface area contributed by atoms with E-state index in [0.717, 1.165) is 18.8 Å². The maximum Gasteiger partial charge on any atom is 0.0595 e. The maximum absolute atomic E-state index is 4.28. The van der Waals surface area contributed by atoms with Gasteiger partial charge in [0, 0.05) is 0 Å². The molecule has 0 heterocycles. The third kappa shape index (κ3) is 3.38. The fourth-order valence-corrected chi connectivity index (χ4v) is 1.46. The van der Waals surface area contributed by atoms with Crippen molar-refractivity contribution in [2.45, 2.75) is 58.9 Å². The third-order valence-electron chi connectivity index (χ3n) is 2.84. The minimum absolute atomic E-state index is 0.171. The molecule has 0 aromatic carbocycles. The number of nitrogens with zero attached hydrogens (tertiary/aromatic N) is 1. The Hall–Kier alpha value is -0.330. The zero-order valence-electron chi connectivity index (χ0n) is 9.06. The van der Waals surface area contributed by atoms with Crippen LogP contribution in [0.25, 0.3) is 0 Å². The van der Waals surface area contributed by atoms with Crippen molar-refractivity contribution >= 4 is 6.72 Å². The van der Waals surface area contributed by atoms with E-state index in [-0.39, 0.29) is 5.54 Å². The Kier molecular flexibility index (Phi) is 5.19. The van der Waals surface area contributed by atoms with Gasteiger partial charge in [0.1, 0.15) is 0 Å². The van der Waals surface area contributed by atoms with Gasteiger partial charge in [0.2, 0.25) is 0 Å². The molecule has 0 bridgehead atoms. The predicted molar refractivity (Wildman–Crippen MR) is 56.9 cm³/mol. The molecular formula is C11H23N. The molecule has 0 fully saturated rings. The highest BCUT2D eigenvalue weighted by Gasteiger charge is 2.23. The van der Waals surface area contributed by atoms with Crippen molar-refractivity contribution < 1.29 is 0 Å². The summed E-state index contributed by atoms with van der Waals surface area (Å²) in [5.74, 6) is 0.782. The number of hydrogen-bond acceptors (Lipinski definition) is 1. The smallest absolute Gasteiger partial charge is 0.0595 e. The Morgan fingerprint density at radius 2 is 1.75 bits per heavy atom. The molecule has 0 aliphatic heterocycles. The molecule has 0 rings (SSSR count). The highest BCUT2D eigenvalue weighted by atomic mass is 14.8. The second-order valence-corrected chi connectivity index (χ2v) is 4.02. The van der Waals surface area contributed by atoms with Crippen LogP contribution in [0.2, 0.25) is 0 Å². The Labute approximate surface area is 77.3 Å². The molecule has 0 spiro atoms. The third-order valence-corrected chi connectivity index (χ3v) is 2.84. The average Bonchev–Trinajstić information content (AvgIpc) is 2.08. The van der Waals surface area contributed by atoms with Crippen molar-refractivity contribution in [1.29, 1.82) is 0 Å². The second-order valence-electron chi connectivity index (χ2n) is 4.02. The molecule has 0 aliphatic rings. The Morgan fingerprint density at radius 1 is 1.25 bits per heavy atom. The average molecular weight is 169 g/mol. The highest BCUT2D eigenvalue weighted by Crippen LogP contribution is 2.27. The fraction of sp³-hybridized carbons (Fsp3) is 0.909. The quantitative estimate of drug-likeness (QED) is 0.538. The summed E-state index contributed by atoms with van der Waals surface area (Å²) in [6.07, 6.45) is 4.71. The van der Waals surface area contributed by atoms with Crippen LogP contribution in [0.1, 0.15) is 53.4 Å². The van der Waals surface area contributed by atoms with Gasteiger partial charge in [0.15, 0.2) is 0 Å². The van der Waals surface area contributed by atoms with Crippen molar-refractivity contribution in [1.82, 2.24) is 0 Å². The summed E-state index contributed by atoms with van der Waals surface area (Å²) in [6, 6.07) is 0. The van der Waals surface area contributed by atoms with E-state index >= 15 is 0 Å². The molecule has 12 heavy (non-hydrogen) atoms. The SMILES string of the molecule is C=NC(CC)(CC)CCC(C)C. The van der Waals surface area contributed by atoms with Gasteiger partial charge in [-0.25, -0.2) is 0 Å². The first-order valence-electron chi connectivity index (χ1n) is 5.08. The molecule has 0 aliphatic carbocycles. The van der Waals surface area contributed by atoms with Crippen LogP contribution in [0.15, 0.2) is 4.99 Å². The lowest BCUT2D eigenvalue weighted by molar-refractivity contribution is 0.340. The largest absolute Gasteiger partial charge is 0.294 e. The van der Waals surface area contributed by atoms with E-state index in [9.17, 15) is 0 Å². The van der Waals surface area contributed by atoms with E-state index in [2.05, 4.69) is 39.4 Å². The molecular weight excluding hydrogens is 146 g/mol. The van der Waals surface area contributed by atoms with E-state index in [1.165, 1.54) is 12.8 Å². The zero-order chi connectivity index (χ0) is 9.61. The van der Waals surface area contributed by atoms with Gasteiger partial charge in [-0.3, -0.25) is 4.99 Å². The number of rotatable bonds is 6. The zero-order valence-corrected chi connectivity index (χ0v) is 9.06. The number of aliphatic imine (C=N–C) groups is 1. The summed E-state index contributed by atoms with van der Waals surface area (Å²) >= 11 is 0. The van der Waals surface area contributed by atoms with Crippen molar-refractivity contribution in [2.24, 2.45) is 10.9 Å². The van der Waals surface area contributed by atoms with Gasteiger partial charge in [-0.05, 0) is 38.3 Å². The lowest BCUT2D eigenvalue weighted by Crippen LogP contribution is -2.24. The monoisotopic (exact) mass is 169 g/mol. The molecule has 0 aromatic heterocycles. The lowest BCUT2D eigenvalue weighted by atomic mass is 9.86. The molecule has 0 aromatic rings. The molecule has 1 nitrogen and oxygen atoms in total. The number of hydrogen-bond donors (Lipinski definition) is 0. The van der Waals surface area contributed by atoms with Crippen LogP contribution in [0, 0.1) is 5.92 Å². The van der Waals surface area contributed by atoms with Crippen LogP contribution in [-0.4, -0.2) is 12.3 Å². The minimum atomic E-state index is 0.171. The van der Waals surface area contributed by atoms with Crippen LogP contribution < -0.4 is 0 Å². The van der Waals surface area contributed by atoms with E-state index in [1.807, 2.05) is 0 Å². The summed E-state index contributed by atoms with van der Waals surface area (Å²) in [7, 11) is 0. The summed E-state index contributed by atoms with van der Waals surface area (Å²) < 4.78 is 0. The Bertz CT molecular complexity index is 123. The minimum Gasteiger partial charge on any atom is -0.294 e. The van der Waals surface area contributed by atoms with Crippen LogP contribution in [-0.2, 0) is 0 Å². The van der Waals surface area contributed by atoms with Gasteiger partial charge >= 0.3 is 0 Å². The first-order valence-corrected chi connectivity index (χ1v) is 5.08. The highest BCUT2D eigenvalue weighted by molar-refractivity contribution is 5.26. The molecule has 0 saturated carbocycles. The van der Waals surface area contributed by atoms with E-state index < -0.39 is 0 Å². The predicted octanol–water partition coefficient (Wildman–Crippen LogP) is 3.68. The van der Waals surface area contributed by atoms with Gasteiger partial charge in [-0.15, -0.1) is 0 Å². The van der Waals surface area contributed by atoms with Crippen LogP contribution in [0.3, 0.4) is 0 Å². The van der Waals surface area contributed by atoms with E-state index in [4.69, 9.17) is 0 Å². The van der Waals surface area contributed by atoms with Crippen LogP contribution in [0.5, 0.6) is 0 Å². The second kappa shape index (κ2) is 5.34. The molecule has 0 unspecified atom stereocenters. The van der Waals surface area contributed by atoms with E-state index in [1.54, 1.807) is 0 Å². The summed E-state index contributed by atoms with van der Waals surface area (Å²) in [5.41, 5.74) is 0.171. The van der Waals surface area contributed by atoms with Gasteiger partial charge in [-0.2, -0.15) is 0 Å². The molecule has 0 amide bonds. The first kappa shape index (κ1) is 11.7. The fourth-order valence-electron chi connectivity index (χ4n) is 1.46.